The van der Waals surface area contributed by atoms with Crippen molar-refractivity contribution in [1.29, 1.82) is 0 Å². The van der Waals surface area contributed by atoms with Gasteiger partial charge in [0.2, 0.25) is 16.8 Å². The number of ether oxygens (including phenoxy) is 3. The number of nitrogens with zero attached hydrogens (tertiary/aromatic N) is 6. The predicted molar refractivity (Wildman–Crippen MR) is 176 cm³/mol. The quantitative estimate of drug-likeness (QED) is 0.203. The van der Waals surface area contributed by atoms with Gasteiger partial charge in [-0.1, -0.05) is 23.5 Å². The summed E-state index contributed by atoms with van der Waals surface area (Å²) in [6.45, 7) is 4.24. The lowest BCUT2D eigenvalue weighted by molar-refractivity contribution is -0.129. The molecule has 2 aromatic heterocycles. The molecule has 3 aromatic carbocycles. The second kappa shape index (κ2) is 12.1. The second-order valence-corrected chi connectivity index (χ2v) is 12.3. The lowest BCUT2D eigenvalue weighted by atomic mass is 10.2. The first-order valence-corrected chi connectivity index (χ1v) is 15.9. The highest BCUT2D eigenvalue weighted by Gasteiger charge is 2.31. The normalized spacial score (nSPS) is 14.9. The number of hydrogen-bond donors (Lipinski definition) is 1. The van der Waals surface area contributed by atoms with E-state index in [1.165, 1.54) is 23.5 Å². The van der Waals surface area contributed by atoms with Crippen molar-refractivity contribution in [3.63, 3.8) is 0 Å². The number of nitrogens with one attached hydrogen (secondary N) is 1. The van der Waals surface area contributed by atoms with Gasteiger partial charge < -0.3 is 33.9 Å². The largest absolute Gasteiger partial charge is 0.493 e. The summed E-state index contributed by atoms with van der Waals surface area (Å²) in [7, 11) is 4.72. The Kier molecular flexibility index (Phi) is 7.85. The fourth-order valence-corrected chi connectivity index (χ4v) is 6.74. The third-order valence-corrected chi connectivity index (χ3v) is 9.33. The van der Waals surface area contributed by atoms with Crippen LogP contribution in [0, 0.1) is 5.82 Å². The maximum Gasteiger partial charge on any atom is 0.219 e. The first-order valence-electron chi connectivity index (χ1n) is 15.1. The number of amides is 1. The molecule has 1 aliphatic heterocycles. The van der Waals surface area contributed by atoms with Crippen molar-refractivity contribution in [3.8, 4) is 39.2 Å². The van der Waals surface area contributed by atoms with Crippen LogP contribution in [-0.2, 0) is 4.79 Å². The molecule has 11 nitrogen and oxygen atoms in total. The van der Waals surface area contributed by atoms with E-state index in [1.807, 2.05) is 29.2 Å². The zero-order valence-electron chi connectivity index (χ0n) is 26.0. The van der Waals surface area contributed by atoms with Gasteiger partial charge in [0, 0.05) is 50.3 Å². The fraction of sp³-hybridized carbons (Fsp3) is 0.333. The molecular formula is C33H34FN7O4S. The summed E-state index contributed by atoms with van der Waals surface area (Å²) in [6.07, 6.45) is 2.10. The summed E-state index contributed by atoms with van der Waals surface area (Å²) in [5, 5.41) is 13.7. The van der Waals surface area contributed by atoms with Crippen LogP contribution < -0.4 is 24.4 Å². The highest BCUT2D eigenvalue weighted by atomic mass is 32.1. The molecule has 2 aliphatic rings. The minimum absolute atomic E-state index is 0.0770. The van der Waals surface area contributed by atoms with Crippen molar-refractivity contribution in [3.05, 3.63) is 54.3 Å². The van der Waals surface area contributed by atoms with Gasteiger partial charge in [0.1, 0.15) is 16.6 Å². The van der Waals surface area contributed by atoms with Gasteiger partial charge in [-0.3, -0.25) is 4.79 Å². The molecule has 1 saturated heterocycles. The Balaban J connectivity index is 1.30. The van der Waals surface area contributed by atoms with Crippen LogP contribution in [0.5, 0.6) is 17.2 Å². The van der Waals surface area contributed by atoms with Crippen molar-refractivity contribution < 1.29 is 23.4 Å². The average molecular weight is 644 g/mol. The maximum absolute atomic E-state index is 14.3. The van der Waals surface area contributed by atoms with Gasteiger partial charge in [0.25, 0.3) is 0 Å². The molecule has 0 bridgehead atoms. The number of carbonyl (C=O) groups excluding carboxylic acids is 1. The van der Waals surface area contributed by atoms with Crippen molar-refractivity contribution in [1.82, 2.24) is 24.6 Å². The Bertz CT molecular complexity index is 1910. The van der Waals surface area contributed by atoms with Gasteiger partial charge in [-0.05, 0) is 49.2 Å². The Morgan fingerprint density at radius 3 is 2.30 bits per heavy atom. The van der Waals surface area contributed by atoms with Crippen LogP contribution in [0.2, 0.25) is 0 Å². The highest BCUT2D eigenvalue weighted by Crippen LogP contribution is 2.45. The summed E-state index contributed by atoms with van der Waals surface area (Å²) in [5.74, 6) is 2.09. The number of anilines is 3. The van der Waals surface area contributed by atoms with Gasteiger partial charge in [0.05, 0.1) is 43.7 Å². The molecule has 3 heterocycles. The number of rotatable bonds is 9. The molecular weight excluding hydrogens is 609 g/mol. The van der Waals surface area contributed by atoms with E-state index in [0.29, 0.717) is 59.6 Å². The average Bonchev–Trinajstić information content (AvgIpc) is 3.68. The summed E-state index contributed by atoms with van der Waals surface area (Å²) in [6, 6.07) is 14.8. The topological polar surface area (TPSA) is 107 Å². The Labute approximate surface area is 269 Å². The zero-order chi connectivity index (χ0) is 31.9. The van der Waals surface area contributed by atoms with E-state index in [1.54, 1.807) is 34.3 Å². The van der Waals surface area contributed by atoms with Crippen LogP contribution in [0.4, 0.5) is 20.9 Å². The molecule has 1 amide bonds. The molecule has 7 rings (SSSR count). The maximum atomic E-state index is 14.3. The van der Waals surface area contributed by atoms with Gasteiger partial charge in [-0.2, -0.15) is 0 Å². The number of imidazole rings is 1. The van der Waals surface area contributed by atoms with Crippen molar-refractivity contribution in [2.75, 3.05) is 57.7 Å². The highest BCUT2D eigenvalue weighted by molar-refractivity contribution is 7.18. The first-order chi connectivity index (χ1) is 22.4. The van der Waals surface area contributed by atoms with Gasteiger partial charge in [-0.25, -0.2) is 9.37 Å². The molecule has 0 unspecified atom stereocenters. The molecule has 46 heavy (non-hydrogen) atoms. The van der Waals surface area contributed by atoms with Crippen molar-refractivity contribution in [2.45, 2.75) is 25.8 Å². The number of piperazine rings is 1. The molecule has 1 aliphatic carbocycles. The van der Waals surface area contributed by atoms with Crippen molar-refractivity contribution in [2.24, 2.45) is 0 Å². The third kappa shape index (κ3) is 5.55. The molecule has 0 radical (unpaired) electrons. The fourth-order valence-electron chi connectivity index (χ4n) is 6.00. The van der Waals surface area contributed by atoms with E-state index in [9.17, 15) is 9.18 Å². The van der Waals surface area contributed by atoms with E-state index in [-0.39, 0.29) is 11.7 Å². The van der Waals surface area contributed by atoms with Crippen molar-refractivity contribution >= 4 is 44.8 Å². The summed E-state index contributed by atoms with van der Waals surface area (Å²) in [5.41, 5.74) is 5.11. The lowest BCUT2D eigenvalue weighted by Crippen LogP contribution is -2.48. The number of aromatic nitrogens is 4. The second-order valence-electron chi connectivity index (χ2n) is 11.3. The molecule has 0 atom stereocenters. The van der Waals surface area contributed by atoms with Gasteiger partial charge >= 0.3 is 0 Å². The van der Waals surface area contributed by atoms with Gasteiger partial charge in [-0.15, -0.1) is 10.2 Å². The number of halogens is 1. The van der Waals surface area contributed by atoms with Gasteiger partial charge in [0.15, 0.2) is 11.5 Å². The monoisotopic (exact) mass is 643 g/mol. The minimum Gasteiger partial charge on any atom is -0.493 e. The number of hydrogen-bond acceptors (Lipinski definition) is 10. The van der Waals surface area contributed by atoms with Crippen LogP contribution in [0.25, 0.3) is 33.0 Å². The number of fused-ring (bicyclic) bond motifs is 1. The number of carbonyl (C=O) groups is 1. The Morgan fingerprint density at radius 2 is 1.67 bits per heavy atom. The molecule has 238 valence electrons. The predicted octanol–water partition coefficient (Wildman–Crippen LogP) is 6.13. The molecule has 13 heteroatoms. The Morgan fingerprint density at radius 1 is 0.935 bits per heavy atom. The molecule has 1 saturated carbocycles. The lowest BCUT2D eigenvalue weighted by Gasteiger charge is -2.36. The molecule has 1 N–H and O–H groups in total. The first kappa shape index (κ1) is 29.8. The van der Waals surface area contributed by atoms with Crippen LogP contribution >= 0.6 is 11.3 Å². The van der Waals surface area contributed by atoms with E-state index in [4.69, 9.17) is 19.2 Å². The molecule has 2 fully saturated rings. The third-order valence-electron chi connectivity index (χ3n) is 8.45. The minimum atomic E-state index is -0.294. The van der Waals surface area contributed by atoms with Crippen LogP contribution in [-0.4, -0.2) is 78.1 Å². The van der Waals surface area contributed by atoms with E-state index >= 15 is 0 Å². The number of benzene rings is 3. The zero-order valence-corrected chi connectivity index (χ0v) is 26.9. The molecule has 0 spiro atoms. The summed E-state index contributed by atoms with van der Waals surface area (Å²) in [4.78, 5) is 21.3. The smallest absolute Gasteiger partial charge is 0.219 e. The van der Waals surface area contributed by atoms with E-state index in [2.05, 4.69) is 31.0 Å². The SMILES string of the molecule is COc1cc(-c2nnc(Nc3cc4nc(-c5cccc(F)c5)n(C5CC5)c4cc3N3CCN(C(C)=O)CC3)s2)cc(OC)c1OC. The summed E-state index contributed by atoms with van der Waals surface area (Å²) >= 11 is 1.40. The van der Waals surface area contributed by atoms with Crippen LogP contribution in [0.15, 0.2) is 48.5 Å². The van der Waals surface area contributed by atoms with Crippen LogP contribution in [0.1, 0.15) is 25.8 Å². The van der Waals surface area contributed by atoms with E-state index in [0.717, 1.165) is 52.2 Å². The van der Waals surface area contributed by atoms with Crippen LogP contribution in [0.3, 0.4) is 0 Å². The molecule has 5 aromatic rings. The number of methoxy groups -OCH3 is 3. The van der Waals surface area contributed by atoms with E-state index < -0.39 is 0 Å². The standard InChI is InChI=1S/C33H34FN7O4S/c1-19(42)39-10-12-40(13-11-39)26-18-27-25(35-31(41(27)23-8-9-23)20-6-5-7-22(34)14-20)17-24(26)36-33-38-37-32(46-33)21-15-28(43-2)30(45-4)29(16-21)44-3/h5-7,14-18,23H,8-13H2,1-4H3,(H,36,38). The Hall–Kier alpha value is -4.91. The summed E-state index contributed by atoms with van der Waals surface area (Å²) < 4.78 is 33.1.